The lowest BCUT2D eigenvalue weighted by Gasteiger charge is -2.23. The highest BCUT2D eigenvalue weighted by Gasteiger charge is 2.11. The summed E-state index contributed by atoms with van der Waals surface area (Å²) >= 11 is 0. The SMILES string of the molecule is CCCCCCCCCCCCCCCCCCC(=O)OCCN(CC)c1ccc(/N=N/c2cc(O)c(/N=N/c3ccc([N+](=O)[O-])cc3)cc2O)cc1. The van der Waals surface area contributed by atoms with Crippen molar-refractivity contribution < 1.29 is 24.7 Å². The summed E-state index contributed by atoms with van der Waals surface area (Å²) in [6.45, 7) is 5.93. The number of phenols is 2. The fraction of sp³-hybridized carbons (Fsp3) is 0.537. The minimum absolute atomic E-state index is 0.00490. The molecule has 3 rings (SSSR count). The van der Waals surface area contributed by atoms with Crippen molar-refractivity contribution in [3.63, 3.8) is 0 Å². The van der Waals surface area contributed by atoms with Gasteiger partial charge in [0.15, 0.2) is 0 Å². The van der Waals surface area contributed by atoms with Gasteiger partial charge in [0.1, 0.15) is 29.5 Å². The van der Waals surface area contributed by atoms with Crippen molar-refractivity contribution in [2.75, 3.05) is 24.6 Å². The summed E-state index contributed by atoms with van der Waals surface area (Å²) in [4.78, 5) is 24.7. The first kappa shape index (κ1) is 42.5. The normalized spacial score (nSPS) is 11.4. The quantitative estimate of drug-likeness (QED) is 0.0197. The molecule has 3 aromatic rings. The number of phenolic OH excluding ortho intramolecular Hbond substituents is 2. The molecule has 2 N–H and O–H groups in total. The number of nitro groups is 1. The maximum Gasteiger partial charge on any atom is 0.305 e. The number of carbonyl (C=O) groups excluding carboxylic acids is 1. The first-order chi connectivity index (χ1) is 25.8. The van der Waals surface area contributed by atoms with Crippen LogP contribution in [-0.2, 0) is 9.53 Å². The third kappa shape index (κ3) is 17.0. The summed E-state index contributed by atoms with van der Waals surface area (Å²) in [5, 5.41) is 47.7. The third-order valence-electron chi connectivity index (χ3n) is 9.13. The van der Waals surface area contributed by atoms with Crippen LogP contribution in [0.3, 0.4) is 0 Å². The van der Waals surface area contributed by atoms with E-state index in [0.717, 1.165) is 25.1 Å². The van der Waals surface area contributed by atoms with Crippen molar-refractivity contribution in [3.05, 3.63) is 70.8 Å². The second-order valence-corrected chi connectivity index (χ2v) is 13.4. The van der Waals surface area contributed by atoms with Crippen LogP contribution in [0.15, 0.2) is 81.1 Å². The van der Waals surface area contributed by atoms with Gasteiger partial charge in [-0.3, -0.25) is 14.9 Å². The Kier molecular flexibility index (Phi) is 20.2. The predicted molar refractivity (Wildman–Crippen MR) is 211 cm³/mol. The number of likely N-dealkylation sites (N-methyl/N-ethyl adjacent to an activating group) is 1. The Hall–Kier alpha value is -4.87. The minimum atomic E-state index is -0.518. The Morgan fingerprint density at radius 3 is 1.53 bits per heavy atom. The number of aromatic hydroxyl groups is 2. The van der Waals surface area contributed by atoms with Crippen LogP contribution in [0.5, 0.6) is 11.5 Å². The number of esters is 1. The van der Waals surface area contributed by atoms with E-state index < -0.39 is 4.92 Å². The molecule has 0 spiro atoms. The number of ether oxygens (including phenoxy) is 1. The van der Waals surface area contributed by atoms with Gasteiger partial charge in [0.2, 0.25) is 0 Å². The van der Waals surface area contributed by atoms with E-state index in [1.54, 1.807) is 12.1 Å². The average Bonchev–Trinajstić information content (AvgIpc) is 3.16. The van der Waals surface area contributed by atoms with Crippen LogP contribution in [-0.4, -0.2) is 40.8 Å². The molecule has 0 saturated heterocycles. The van der Waals surface area contributed by atoms with Gasteiger partial charge in [-0.15, -0.1) is 10.2 Å². The highest BCUT2D eigenvalue weighted by molar-refractivity contribution is 5.69. The largest absolute Gasteiger partial charge is 0.506 e. The number of benzene rings is 3. The number of non-ortho nitro benzene ring substituents is 1. The topological polar surface area (TPSA) is 163 Å². The van der Waals surface area contributed by atoms with Crippen LogP contribution in [0, 0.1) is 10.1 Å². The van der Waals surface area contributed by atoms with Gasteiger partial charge in [0, 0.05) is 42.9 Å². The van der Waals surface area contributed by atoms with Crippen LogP contribution >= 0.6 is 0 Å². The molecule has 288 valence electrons. The Morgan fingerprint density at radius 2 is 1.09 bits per heavy atom. The standard InChI is InChI=1S/C41H58N6O6/c1-3-5-6-7-8-9-10-11-12-13-14-15-16-17-18-19-20-41(50)53-30-29-46(4-2)35-25-21-33(22-26-35)42-44-37-31-40(49)38(32-39(37)48)45-43-34-23-27-36(28-24-34)47(51)52/h21-28,31-32,48-49H,3-20,29-30H2,1-2H3/b44-42+,45-43+. The first-order valence-electron chi connectivity index (χ1n) is 19.4. The van der Waals surface area contributed by atoms with Crippen molar-refractivity contribution in [1.29, 1.82) is 0 Å². The molecular formula is C41H58N6O6. The fourth-order valence-corrected chi connectivity index (χ4v) is 5.94. The van der Waals surface area contributed by atoms with Crippen LogP contribution < -0.4 is 4.90 Å². The summed E-state index contributed by atoms with van der Waals surface area (Å²) in [7, 11) is 0. The molecule has 0 heterocycles. The van der Waals surface area contributed by atoms with Crippen molar-refractivity contribution >= 4 is 40.1 Å². The van der Waals surface area contributed by atoms with E-state index in [4.69, 9.17) is 4.74 Å². The van der Waals surface area contributed by atoms with E-state index in [1.807, 2.05) is 19.1 Å². The zero-order valence-electron chi connectivity index (χ0n) is 31.6. The van der Waals surface area contributed by atoms with E-state index >= 15 is 0 Å². The van der Waals surface area contributed by atoms with Gasteiger partial charge in [0.25, 0.3) is 5.69 Å². The molecule has 0 atom stereocenters. The summed E-state index contributed by atoms with van der Waals surface area (Å²) in [6.07, 6.45) is 21.3. The average molecular weight is 731 g/mol. The Balaban J connectivity index is 1.29. The molecule has 0 saturated carbocycles. The Labute approximate surface area is 314 Å². The van der Waals surface area contributed by atoms with E-state index in [2.05, 4.69) is 32.3 Å². The highest BCUT2D eigenvalue weighted by Crippen LogP contribution is 2.40. The molecule has 3 aromatic carbocycles. The lowest BCUT2D eigenvalue weighted by atomic mass is 10.0. The summed E-state index contributed by atoms with van der Waals surface area (Å²) < 4.78 is 5.52. The molecule has 0 amide bonds. The van der Waals surface area contributed by atoms with Gasteiger partial charge in [-0.2, -0.15) is 10.2 Å². The molecule has 12 nitrogen and oxygen atoms in total. The summed E-state index contributed by atoms with van der Waals surface area (Å²) in [5.74, 6) is -0.679. The lowest BCUT2D eigenvalue weighted by Crippen LogP contribution is -2.27. The van der Waals surface area contributed by atoms with E-state index in [9.17, 15) is 25.1 Å². The van der Waals surface area contributed by atoms with Gasteiger partial charge >= 0.3 is 5.97 Å². The molecule has 0 aromatic heterocycles. The second-order valence-electron chi connectivity index (χ2n) is 13.4. The number of nitrogens with zero attached hydrogens (tertiary/aromatic N) is 6. The number of rotatable bonds is 27. The molecule has 0 aliphatic rings. The zero-order valence-corrected chi connectivity index (χ0v) is 31.6. The number of carbonyl (C=O) groups is 1. The Morgan fingerprint density at radius 1 is 0.660 bits per heavy atom. The third-order valence-corrected chi connectivity index (χ3v) is 9.13. The van der Waals surface area contributed by atoms with E-state index in [-0.39, 0.29) is 34.5 Å². The monoisotopic (exact) mass is 730 g/mol. The van der Waals surface area contributed by atoms with Crippen LogP contribution in [0.1, 0.15) is 123 Å². The maximum atomic E-state index is 12.3. The number of nitro benzene ring substituents is 1. The van der Waals surface area contributed by atoms with Crippen LogP contribution in [0.2, 0.25) is 0 Å². The predicted octanol–water partition coefficient (Wildman–Crippen LogP) is 12.9. The van der Waals surface area contributed by atoms with Gasteiger partial charge in [0.05, 0.1) is 22.8 Å². The smallest absolute Gasteiger partial charge is 0.305 e. The number of hydrogen-bond acceptors (Lipinski definition) is 11. The molecule has 0 bridgehead atoms. The maximum absolute atomic E-state index is 12.3. The molecule has 0 aliphatic carbocycles. The van der Waals surface area contributed by atoms with Crippen molar-refractivity contribution in [2.45, 2.75) is 123 Å². The molecule has 0 unspecified atom stereocenters. The van der Waals surface area contributed by atoms with Gasteiger partial charge < -0.3 is 19.8 Å². The molecule has 0 fully saturated rings. The fourth-order valence-electron chi connectivity index (χ4n) is 5.94. The number of unbranched alkanes of at least 4 members (excludes halogenated alkanes) is 15. The highest BCUT2D eigenvalue weighted by atomic mass is 16.6. The number of hydrogen-bond donors (Lipinski definition) is 2. The van der Waals surface area contributed by atoms with E-state index in [1.165, 1.54) is 126 Å². The molecule has 12 heteroatoms. The summed E-state index contributed by atoms with van der Waals surface area (Å²) in [6, 6.07) is 15.2. The molecule has 0 radical (unpaired) electrons. The minimum Gasteiger partial charge on any atom is -0.506 e. The zero-order chi connectivity index (χ0) is 38.1. The van der Waals surface area contributed by atoms with Crippen LogP contribution in [0.25, 0.3) is 0 Å². The van der Waals surface area contributed by atoms with E-state index in [0.29, 0.717) is 30.9 Å². The second kappa shape index (κ2) is 25.2. The number of azo groups is 2. The molecular weight excluding hydrogens is 672 g/mol. The van der Waals surface area contributed by atoms with Crippen LogP contribution in [0.4, 0.5) is 34.1 Å². The number of anilines is 1. The van der Waals surface area contributed by atoms with Gasteiger partial charge in [-0.25, -0.2) is 0 Å². The van der Waals surface area contributed by atoms with Crippen molar-refractivity contribution in [1.82, 2.24) is 0 Å². The van der Waals surface area contributed by atoms with Crippen molar-refractivity contribution in [3.8, 4) is 11.5 Å². The van der Waals surface area contributed by atoms with Gasteiger partial charge in [-0.1, -0.05) is 103 Å². The first-order valence-corrected chi connectivity index (χ1v) is 19.4. The lowest BCUT2D eigenvalue weighted by molar-refractivity contribution is -0.384. The van der Waals surface area contributed by atoms with Crippen molar-refractivity contribution in [2.24, 2.45) is 20.5 Å². The molecule has 53 heavy (non-hydrogen) atoms. The molecule has 0 aliphatic heterocycles. The van der Waals surface area contributed by atoms with Gasteiger partial charge in [-0.05, 0) is 49.7 Å². The Bertz CT molecular complexity index is 1560. The summed E-state index contributed by atoms with van der Waals surface area (Å²) in [5.41, 5.74) is 1.78.